The number of nitrogens with zero attached hydrogens (tertiary/aromatic N) is 1. The number of methoxy groups -OCH3 is 2. The molecule has 1 aromatic heterocycles. The molecule has 0 atom stereocenters. The first-order valence-electron chi connectivity index (χ1n) is 5.77. The molecule has 0 amide bonds. The summed E-state index contributed by atoms with van der Waals surface area (Å²) in [5, 5.41) is 3.71. The third-order valence-corrected chi connectivity index (χ3v) is 3.84. The summed E-state index contributed by atoms with van der Waals surface area (Å²) in [5.74, 6) is 1.49. The van der Waals surface area contributed by atoms with Crippen molar-refractivity contribution in [2.24, 2.45) is 0 Å². The summed E-state index contributed by atoms with van der Waals surface area (Å²) in [6.07, 6.45) is 2.41. The highest BCUT2D eigenvalue weighted by Crippen LogP contribution is 2.46. The predicted molar refractivity (Wildman–Crippen MR) is 76.5 cm³/mol. The minimum absolute atomic E-state index is 0.245. The fourth-order valence-corrected chi connectivity index (χ4v) is 2.75. The Morgan fingerprint density at radius 3 is 2.58 bits per heavy atom. The number of anilines is 1. The fraction of sp³-hybridized carbons (Fsp3) is 0.308. The quantitative estimate of drug-likeness (QED) is 0.933. The maximum atomic E-state index is 5.80. The summed E-state index contributed by atoms with van der Waals surface area (Å²) in [5.41, 5.74) is 8.36. The van der Waals surface area contributed by atoms with Crippen molar-refractivity contribution >= 4 is 21.8 Å². The smallest absolute Gasteiger partial charge is 0.230 e. The van der Waals surface area contributed by atoms with Crippen LogP contribution in [0.15, 0.2) is 21.3 Å². The Bertz CT molecular complexity index is 596. The van der Waals surface area contributed by atoms with Crippen molar-refractivity contribution in [3.8, 4) is 22.6 Å². The first-order valence-corrected chi connectivity index (χ1v) is 6.57. The third kappa shape index (κ3) is 2.28. The Kier molecular flexibility index (Phi) is 3.99. The van der Waals surface area contributed by atoms with Gasteiger partial charge in [-0.1, -0.05) is 12.1 Å². The molecule has 5 nitrogen and oxygen atoms in total. The molecule has 0 saturated carbocycles. The zero-order valence-electron chi connectivity index (χ0n) is 11.0. The number of halogens is 1. The van der Waals surface area contributed by atoms with Crippen LogP contribution in [0.1, 0.15) is 12.5 Å². The standard InChI is InChI=1S/C13H15BrN2O3/c1-4-7-5-9(17-2)12(18-3)10(11(7)14)8-6-16-19-13(8)15/h5-6H,4,15H2,1-3H3. The molecular weight excluding hydrogens is 312 g/mol. The summed E-state index contributed by atoms with van der Waals surface area (Å²) in [6.45, 7) is 2.06. The fourth-order valence-electron chi connectivity index (χ4n) is 1.96. The molecule has 2 aromatic rings. The SMILES string of the molecule is CCc1cc(OC)c(OC)c(-c2cnoc2N)c1Br. The summed E-state index contributed by atoms with van der Waals surface area (Å²) >= 11 is 3.59. The number of benzene rings is 1. The van der Waals surface area contributed by atoms with E-state index in [1.807, 2.05) is 6.07 Å². The topological polar surface area (TPSA) is 70.5 Å². The highest BCUT2D eigenvalue weighted by atomic mass is 79.9. The van der Waals surface area contributed by atoms with Crippen LogP contribution < -0.4 is 15.2 Å². The van der Waals surface area contributed by atoms with Crippen LogP contribution in [0.5, 0.6) is 11.5 Å². The van der Waals surface area contributed by atoms with E-state index in [-0.39, 0.29) is 5.88 Å². The second-order valence-corrected chi connectivity index (χ2v) is 4.71. The highest BCUT2D eigenvalue weighted by molar-refractivity contribution is 9.10. The molecule has 0 aliphatic carbocycles. The zero-order chi connectivity index (χ0) is 14.0. The molecule has 0 aliphatic rings. The van der Waals surface area contributed by atoms with Crippen molar-refractivity contribution in [1.29, 1.82) is 0 Å². The van der Waals surface area contributed by atoms with Gasteiger partial charge in [0.15, 0.2) is 11.5 Å². The number of nitrogens with two attached hydrogens (primary N) is 1. The third-order valence-electron chi connectivity index (χ3n) is 2.93. The van der Waals surface area contributed by atoms with Crippen molar-refractivity contribution < 1.29 is 14.0 Å². The van der Waals surface area contributed by atoms with E-state index in [1.54, 1.807) is 20.4 Å². The van der Waals surface area contributed by atoms with Crippen LogP contribution in [-0.4, -0.2) is 19.4 Å². The Balaban J connectivity index is 2.79. The number of aryl methyl sites for hydroxylation is 1. The molecular formula is C13H15BrN2O3. The molecule has 1 aromatic carbocycles. The number of aromatic nitrogens is 1. The van der Waals surface area contributed by atoms with Crippen molar-refractivity contribution in [2.75, 3.05) is 20.0 Å². The van der Waals surface area contributed by atoms with Gasteiger partial charge in [0, 0.05) is 10.0 Å². The van der Waals surface area contributed by atoms with Gasteiger partial charge in [0.25, 0.3) is 0 Å². The van der Waals surface area contributed by atoms with Crippen LogP contribution in [0.4, 0.5) is 5.88 Å². The van der Waals surface area contributed by atoms with Crippen molar-refractivity contribution in [3.05, 3.63) is 22.3 Å². The number of hydrogen-bond acceptors (Lipinski definition) is 5. The van der Waals surface area contributed by atoms with E-state index in [9.17, 15) is 0 Å². The Morgan fingerprint density at radius 1 is 1.37 bits per heavy atom. The Hall–Kier alpha value is -1.69. The van der Waals surface area contributed by atoms with Gasteiger partial charge in [0.2, 0.25) is 5.88 Å². The van der Waals surface area contributed by atoms with Crippen LogP contribution in [-0.2, 0) is 6.42 Å². The Labute approximate surface area is 119 Å². The first kappa shape index (κ1) is 13.7. The average Bonchev–Trinajstić information content (AvgIpc) is 2.84. The number of ether oxygens (including phenoxy) is 2. The number of nitrogen functional groups attached to an aromatic ring is 1. The molecule has 0 aliphatic heterocycles. The largest absolute Gasteiger partial charge is 0.493 e. The maximum Gasteiger partial charge on any atom is 0.230 e. The van der Waals surface area contributed by atoms with Gasteiger partial charge in [-0.3, -0.25) is 0 Å². The lowest BCUT2D eigenvalue weighted by Gasteiger charge is -2.16. The minimum Gasteiger partial charge on any atom is -0.493 e. The van der Waals surface area contributed by atoms with Gasteiger partial charge in [-0.2, -0.15) is 0 Å². The van der Waals surface area contributed by atoms with Crippen molar-refractivity contribution in [2.45, 2.75) is 13.3 Å². The lowest BCUT2D eigenvalue weighted by atomic mass is 10.0. The summed E-state index contributed by atoms with van der Waals surface area (Å²) in [4.78, 5) is 0. The molecule has 2 rings (SSSR count). The summed E-state index contributed by atoms with van der Waals surface area (Å²) < 4.78 is 16.7. The van der Waals surface area contributed by atoms with E-state index in [4.69, 9.17) is 19.7 Å². The van der Waals surface area contributed by atoms with Crippen LogP contribution in [0.25, 0.3) is 11.1 Å². The molecule has 0 bridgehead atoms. The van der Waals surface area contributed by atoms with E-state index in [0.717, 1.165) is 22.0 Å². The second kappa shape index (κ2) is 5.52. The van der Waals surface area contributed by atoms with Crippen molar-refractivity contribution in [1.82, 2.24) is 5.16 Å². The van der Waals surface area contributed by atoms with Crippen LogP contribution in [0.3, 0.4) is 0 Å². The minimum atomic E-state index is 0.245. The molecule has 19 heavy (non-hydrogen) atoms. The van der Waals surface area contributed by atoms with Crippen LogP contribution >= 0.6 is 15.9 Å². The monoisotopic (exact) mass is 326 g/mol. The molecule has 2 N–H and O–H groups in total. The lowest BCUT2D eigenvalue weighted by molar-refractivity contribution is 0.355. The first-order chi connectivity index (χ1) is 9.13. The van der Waals surface area contributed by atoms with Crippen molar-refractivity contribution in [3.63, 3.8) is 0 Å². The lowest BCUT2D eigenvalue weighted by Crippen LogP contribution is -1.98. The highest BCUT2D eigenvalue weighted by Gasteiger charge is 2.22. The normalized spacial score (nSPS) is 10.5. The molecule has 0 radical (unpaired) electrons. The molecule has 0 saturated heterocycles. The molecule has 0 unspecified atom stereocenters. The number of hydrogen-bond donors (Lipinski definition) is 1. The van der Waals surface area contributed by atoms with Gasteiger partial charge in [-0.05, 0) is 34.0 Å². The average molecular weight is 327 g/mol. The van der Waals surface area contributed by atoms with Gasteiger partial charge in [-0.15, -0.1) is 0 Å². The van der Waals surface area contributed by atoms with Gasteiger partial charge in [0.1, 0.15) is 0 Å². The van der Waals surface area contributed by atoms with Gasteiger partial charge in [-0.25, -0.2) is 0 Å². The Morgan fingerprint density at radius 2 is 2.11 bits per heavy atom. The number of rotatable bonds is 4. The van der Waals surface area contributed by atoms with E-state index in [1.165, 1.54) is 0 Å². The van der Waals surface area contributed by atoms with Gasteiger partial charge in [0.05, 0.1) is 26.0 Å². The molecule has 6 heteroatoms. The molecule has 0 fully saturated rings. The molecule has 1 heterocycles. The summed E-state index contributed by atoms with van der Waals surface area (Å²) in [6, 6.07) is 1.94. The van der Waals surface area contributed by atoms with E-state index >= 15 is 0 Å². The predicted octanol–water partition coefficient (Wildman–Crippen LogP) is 3.27. The maximum absolute atomic E-state index is 5.80. The van der Waals surface area contributed by atoms with E-state index in [0.29, 0.717) is 17.1 Å². The van der Waals surface area contributed by atoms with E-state index < -0.39 is 0 Å². The van der Waals surface area contributed by atoms with Gasteiger partial charge >= 0.3 is 0 Å². The van der Waals surface area contributed by atoms with Crippen LogP contribution in [0, 0.1) is 0 Å². The van der Waals surface area contributed by atoms with E-state index in [2.05, 4.69) is 28.0 Å². The molecule has 102 valence electrons. The zero-order valence-corrected chi connectivity index (χ0v) is 12.6. The summed E-state index contributed by atoms with van der Waals surface area (Å²) in [7, 11) is 3.19. The van der Waals surface area contributed by atoms with Gasteiger partial charge < -0.3 is 19.7 Å². The second-order valence-electron chi connectivity index (χ2n) is 3.92. The molecule has 0 spiro atoms. The van der Waals surface area contributed by atoms with Crippen LogP contribution in [0.2, 0.25) is 0 Å².